The molecule has 5 heteroatoms. The highest BCUT2D eigenvalue weighted by molar-refractivity contribution is 9.10. The Morgan fingerprint density at radius 2 is 2.00 bits per heavy atom. The highest BCUT2D eigenvalue weighted by atomic mass is 79.9. The molecule has 2 unspecified atom stereocenters. The molecule has 2 aromatic heterocycles. The first-order valence-corrected chi connectivity index (χ1v) is 11.4. The minimum Gasteiger partial charge on any atom is -0.508 e. The van der Waals surface area contributed by atoms with Crippen LogP contribution in [0.2, 0.25) is 0 Å². The van der Waals surface area contributed by atoms with Crippen molar-refractivity contribution in [2.45, 2.75) is 38.0 Å². The highest BCUT2D eigenvalue weighted by Gasteiger charge is 2.24. The minimum atomic E-state index is -0.225. The van der Waals surface area contributed by atoms with Crippen molar-refractivity contribution in [2.75, 3.05) is 0 Å². The molecular weight excluding hydrogens is 432 g/mol. The Morgan fingerprint density at radius 3 is 2.64 bits per heavy atom. The molecule has 1 aliphatic rings. The van der Waals surface area contributed by atoms with E-state index in [2.05, 4.69) is 82.4 Å². The molecule has 2 heterocycles. The average molecular weight is 455 g/mol. The van der Waals surface area contributed by atoms with E-state index in [0.29, 0.717) is 5.76 Å². The zero-order chi connectivity index (χ0) is 19.8. The quantitative estimate of drug-likeness (QED) is 0.441. The van der Waals surface area contributed by atoms with Crippen LogP contribution in [0, 0.1) is 13.8 Å². The molecule has 0 bridgehead atoms. The number of hydrogen-bond acceptors (Lipinski definition) is 2. The van der Waals surface area contributed by atoms with Crippen LogP contribution < -0.4 is 0 Å². The van der Waals surface area contributed by atoms with Crippen LogP contribution in [0.25, 0.3) is 11.0 Å². The number of aromatic nitrogens is 2. The number of halogens is 1. The van der Waals surface area contributed by atoms with E-state index in [4.69, 9.17) is 4.98 Å². The van der Waals surface area contributed by atoms with Gasteiger partial charge in [0, 0.05) is 32.6 Å². The number of aryl methyl sites for hydroxylation is 1. The van der Waals surface area contributed by atoms with E-state index in [1.54, 1.807) is 6.08 Å². The average Bonchev–Trinajstić information content (AvgIpc) is 2.96. The first-order chi connectivity index (χ1) is 13.5. The number of allylic oxidation sites excluding steroid dienone is 3. The van der Waals surface area contributed by atoms with E-state index in [0.717, 1.165) is 16.5 Å². The molecular formula is C23H23BrN2OS. The van der Waals surface area contributed by atoms with E-state index >= 15 is 0 Å². The summed E-state index contributed by atoms with van der Waals surface area (Å²) in [6.07, 6.45) is 8.46. The summed E-state index contributed by atoms with van der Waals surface area (Å²) in [5.74, 6) is 0.578. The van der Waals surface area contributed by atoms with Crippen LogP contribution >= 0.6 is 26.6 Å². The van der Waals surface area contributed by atoms with E-state index < -0.39 is 0 Å². The largest absolute Gasteiger partial charge is 0.508 e. The summed E-state index contributed by atoms with van der Waals surface area (Å²) in [5, 5.41) is 13.2. The SMILES string of the molecule is C/C=S(\c1ccc(C)cc1)n1c(C)c(C2C=CC(O)=CC2)c2cc(Br)cnc21. The van der Waals surface area contributed by atoms with Gasteiger partial charge < -0.3 is 5.11 Å². The molecule has 3 nitrogen and oxygen atoms in total. The van der Waals surface area contributed by atoms with Crippen LogP contribution in [0.5, 0.6) is 0 Å². The van der Waals surface area contributed by atoms with Crippen LogP contribution in [0.3, 0.4) is 0 Å². The van der Waals surface area contributed by atoms with Gasteiger partial charge >= 0.3 is 0 Å². The van der Waals surface area contributed by atoms with Gasteiger partial charge in [0.25, 0.3) is 0 Å². The molecule has 0 saturated heterocycles. The van der Waals surface area contributed by atoms with Gasteiger partial charge in [-0.15, -0.1) is 0 Å². The molecule has 0 saturated carbocycles. The molecule has 0 aliphatic heterocycles. The van der Waals surface area contributed by atoms with Crippen molar-refractivity contribution in [3.05, 3.63) is 81.8 Å². The Hall–Kier alpha value is -2.11. The van der Waals surface area contributed by atoms with Gasteiger partial charge in [-0.2, -0.15) is 0 Å². The van der Waals surface area contributed by atoms with Crippen molar-refractivity contribution < 1.29 is 5.11 Å². The molecule has 0 fully saturated rings. The number of hydrogen-bond donors (Lipinski definition) is 1. The fourth-order valence-electron chi connectivity index (χ4n) is 3.81. The highest BCUT2D eigenvalue weighted by Crippen LogP contribution is 2.42. The third kappa shape index (κ3) is 3.38. The molecule has 1 aliphatic carbocycles. The second-order valence-electron chi connectivity index (χ2n) is 7.01. The monoisotopic (exact) mass is 454 g/mol. The molecule has 0 spiro atoms. The summed E-state index contributed by atoms with van der Waals surface area (Å²) in [5.41, 5.74) is 4.78. The van der Waals surface area contributed by atoms with Crippen molar-refractivity contribution in [2.24, 2.45) is 0 Å². The summed E-state index contributed by atoms with van der Waals surface area (Å²) in [6.45, 7) is 6.42. The van der Waals surface area contributed by atoms with Crippen molar-refractivity contribution >= 4 is 43.0 Å². The molecule has 2 atom stereocenters. The van der Waals surface area contributed by atoms with Crippen molar-refractivity contribution in [3.63, 3.8) is 0 Å². The molecule has 1 aromatic carbocycles. The van der Waals surface area contributed by atoms with Gasteiger partial charge in [0.1, 0.15) is 11.4 Å². The second kappa shape index (κ2) is 7.72. The smallest absolute Gasteiger partial charge is 0.150 e. The predicted molar refractivity (Wildman–Crippen MR) is 124 cm³/mol. The lowest BCUT2D eigenvalue weighted by atomic mass is 9.90. The summed E-state index contributed by atoms with van der Waals surface area (Å²) in [6, 6.07) is 10.9. The minimum absolute atomic E-state index is 0.225. The molecule has 0 radical (unpaired) electrons. The fraction of sp³-hybridized carbons (Fsp3) is 0.217. The van der Waals surface area contributed by atoms with Gasteiger partial charge in [0.2, 0.25) is 0 Å². The van der Waals surface area contributed by atoms with Gasteiger partial charge in [-0.25, -0.2) is 4.98 Å². The van der Waals surface area contributed by atoms with E-state index in [-0.39, 0.29) is 16.6 Å². The van der Waals surface area contributed by atoms with Gasteiger partial charge in [-0.05, 0) is 84.4 Å². The first-order valence-electron chi connectivity index (χ1n) is 9.33. The summed E-state index contributed by atoms with van der Waals surface area (Å²) >= 11 is 3.59. The van der Waals surface area contributed by atoms with Gasteiger partial charge in [0.15, 0.2) is 0 Å². The Kier molecular flexibility index (Phi) is 5.30. The van der Waals surface area contributed by atoms with E-state index in [1.807, 2.05) is 12.3 Å². The van der Waals surface area contributed by atoms with Crippen LogP contribution in [-0.4, -0.2) is 19.4 Å². The Bertz CT molecular complexity index is 1140. The number of nitrogens with zero attached hydrogens (tertiary/aromatic N) is 2. The van der Waals surface area contributed by atoms with Crippen molar-refractivity contribution in [1.29, 1.82) is 0 Å². The zero-order valence-corrected chi connectivity index (χ0v) is 18.6. The van der Waals surface area contributed by atoms with Gasteiger partial charge in [-0.1, -0.05) is 34.4 Å². The van der Waals surface area contributed by atoms with Gasteiger partial charge in [0.05, 0.1) is 0 Å². The predicted octanol–water partition coefficient (Wildman–Crippen LogP) is 6.81. The maximum absolute atomic E-state index is 9.75. The van der Waals surface area contributed by atoms with Crippen LogP contribution in [0.4, 0.5) is 0 Å². The molecule has 4 rings (SSSR count). The third-order valence-corrected chi connectivity index (χ3v) is 7.62. The molecule has 144 valence electrons. The summed E-state index contributed by atoms with van der Waals surface area (Å²) in [4.78, 5) is 6.08. The lowest BCUT2D eigenvalue weighted by Crippen LogP contribution is -2.02. The Morgan fingerprint density at radius 1 is 1.25 bits per heavy atom. The molecule has 3 aromatic rings. The molecule has 28 heavy (non-hydrogen) atoms. The summed E-state index contributed by atoms with van der Waals surface area (Å²) < 4.78 is 3.35. The number of aliphatic hydroxyl groups excluding tert-OH is 1. The molecule has 0 amide bonds. The van der Waals surface area contributed by atoms with E-state index in [9.17, 15) is 5.11 Å². The Balaban J connectivity index is 1.95. The topological polar surface area (TPSA) is 38.0 Å². The number of rotatable bonds is 3. The van der Waals surface area contributed by atoms with Gasteiger partial charge in [-0.3, -0.25) is 3.97 Å². The van der Waals surface area contributed by atoms with Crippen molar-refractivity contribution in [3.8, 4) is 0 Å². The first kappa shape index (κ1) is 19.2. The second-order valence-corrected chi connectivity index (χ2v) is 9.86. The van der Waals surface area contributed by atoms with Crippen molar-refractivity contribution in [1.82, 2.24) is 8.96 Å². The fourth-order valence-corrected chi connectivity index (χ4v) is 5.98. The van der Waals surface area contributed by atoms with E-state index in [1.165, 1.54) is 27.1 Å². The lowest BCUT2D eigenvalue weighted by molar-refractivity contribution is 0.425. The standard InChI is InChI=1S/C23H23BrN2OS/c1-4-28(20-11-5-15(2)6-12-20)26-16(3)22(17-7-9-19(27)10-8-17)21-13-18(24)14-25-23(21)26/h4-7,9-14,17,27H,8H2,1-3H3. The third-order valence-electron chi connectivity index (χ3n) is 5.14. The number of aliphatic hydroxyl groups is 1. The zero-order valence-electron chi connectivity index (χ0n) is 16.2. The Labute approximate surface area is 176 Å². The number of benzene rings is 1. The number of fused-ring (bicyclic) bond motifs is 1. The number of pyridine rings is 1. The maximum atomic E-state index is 9.75. The normalized spacial score (nSPS) is 17.9. The van der Waals surface area contributed by atoms with Crippen LogP contribution in [0.1, 0.15) is 36.1 Å². The lowest BCUT2D eigenvalue weighted by Gasteiger charge is -2.17. The maximum Gasteiger partial charge on any atom is 0.150 e. The summed E-state index contributed by atoms with van der Waals surface area (Å²) in [7, 11) is -0.225. The molecule has 1 N–H and O–H groups in total. The van der Waals surface area contributed by atoms with Crippen LogP contribution in [0.15, 0.2) is 69.9 Å². The van der Waals surface area contributed by atoms with Crippen LogP contribution in [-0.2, 0) is 0 Å².